The quantitative estimate of drug-likeness (QED) is 0.825. The summed E-state index contributed by atoms with van der Waals surface area (Å²) in [6.45, 7) is 2.23. The second-order valence-corrected chi connectivity index (χ2v) is 5.35. The van der Waals surface area contributed by atoms with Crippen LogP contribution in [0.3, 0.4) is 0 Å². The van der Waals surface area contributed by atoms with E-state index in [0.29, 0.717) is 12.8 Å². The molecule has 3 nitrogen and oxygen atoms in total. The Labute approximate surface area is 105 Å². The molecule has 4 heteroatoms. The Morgan fingerprint density at radius 1 is 1.47 bits per heavy atom. The number of Topliss-reactive ketones (excluding diaryl/α,β-unsaturated/α-hetero) is 1. The van der Waals surface area contributed by atoms with E-state index in [1.165, 1.54) is 4.88 Å². The Bertz CT molecular complexity index is 425. The molecule has 2 heterocycles. The van der Waals surface area contributed by atoms with Crippen LogP contribution in [0.4, 0.5) is 5.69 Å². The molecule has 1 amide bonds. The molecule has 0 radical (unpaired) electrons. The fourth-order valence-corrected chi connectivity index (χ4v) is 3.06. The van der Waals surface area contributed by atoms with Crippen molar-refractivity contribution in [3.05, 3.63) is 16.3 Å². The monoisotopic (exact) mass is 251 g/mol. The zero-order valence-electron chi connectivity index (χ0n) is 10.1. The maximum absolute atomic E-state index is 12.0. The number of amides is 1. The average molecular weight is 251 g/mol. The first kappa shape index (κ1) is 12.3. The molecule has 1 aromatic rings. The number of hydrogen-bond donors (Lipinski definition) is 0. The van der Waals surface area contributed by atoms with Gasteiger partial charge in [0.25, 0.3) is 0 Å². The fourth-order valence-electron chi connectivity index (χ4n) is 2.14. The third kappa shape index (κ3) is 2.75. The summed E-state index contributed by atoms with van der Waals surface area (Å²) < 4.78 is 0. The van der Waals surface area contributed by atoms with E-state index in [1.54, 1.807) is 16.2 Å². The van der Waals surface area contributed by atoms with Gasteiger partial charge in [-0.2, -0.15) is 0 Å². The van der Waals surface area contributed by atoms with Crippen LogP contribution < -0.4 is 4.90 Å². The molecule has 92 valence electrons. The first-order valence-corrected chi connectivity index (χ1v) is 6.98. The number of anilines is 1. The van der Waals surface area contributed by atoms with Gasteiger partial charge in [-0.15, -0.1) is 11.3 Å². The van der Waals surface area contributed by atoms with Gasteiger partial charge in [-0.1, -0.05) is 6.92 Å². The summed E-state index contributed by atoms with van der Waals surface area (Å²) in [6.07, 6.45) is 3.81. The number of nitrogens with zero attached hydrogens (tertiary/aromatic N) is 1. The largest absolute Gasteiger partial charge is 0.304 e. The van der Waals surface area contributed by atoms with Crippen LogP contribution in [-0.2, 0) is 16.0 Å². The molecule has 1 aromatic heterocycles. The minimum absolute atomic E-state index is 0.0894. The van der Waals surface area contributed by atoms with Gasteiger partial charge < -0.3 is 4.90 Å². The number of aryl methyl sites for hydroxylation is 1. The predicted molar refractivity (Wildman–Crippen MR) is 69.5 cm³/mol. The normalized spacial score (nSPS) is 15.6. The number of fused-ring (bicyclic) bond motifs is 1. The summed E-state index contributed by atoms with van der Waals surface area (Å²) in [4.78, 5) is 26.6. The van der Waals surface area contributed by atoms with Gasteiger partial charge in [-0.3, -0.25) is 9.59 Å². The lowest BCUT2D eigenvalue weighted by Gasteiger charge is -2.20. The lowest BCUT2D eigenvalue weighted by atomic mass is 10.2. The van der Waals surface area contributed by atoms with E-state index in [0.717, 1.165) is 24.9 Å². The van der Waals surface area contributed by atoms with Crippen molar-refractivity contribution >= 4 is 28.7 Å². The highest BCUT2D eigenvalue weighted by atomic mass is 32.1. The summed E-state index contributed by atoms with van der Waals surface area (Å²) in [5, 5.41) is 2.00. The standard InChI is InChI=1S/C13H17NO2S/c1-2-4-10(15)9-14-11-7-8-17-12(11)5-3-6-13(14)16/h7-8H,2-6,9H2,1H3. The van der Waals surface area contributed by atoms with Gasteiger partial charge in [0.2, 0.25) is 5.91 Å². The first-order chi connectivity index (χ1) is 8.22. The average Bonchev–Trinajstić information content (AvgIpc) is 2.69. The first-order valence-electron chi connectivity index (χ1n) is 6.10. The van der Waals surface area contributed by atoms with E-state index < -0.39 is 0 Å². The number of ketones is 1. The summed E-state index contributed by atoms with van der Waals surface area (Å²) in [7, 11) is 0. The van der Waals surface area contributed by atoms with Crippen molar-refractivity contribution in [3.63, 3.8) is 0 Å². The minimum Gasteiger partial charge on any atom is -0.304 e. The predicted octanol–water partition coefficient (Wildman–Crippen LogP) is 2.79. The summed E-state index contributed by atoms with van der Waals surface area (Å²) in [5.41, 5.74) is 0.960. The zero-order chi connectivity index (χ0) is 12.3. The van der Waals surface area contributed by atoms with Crippen molar-refractivity contribution in [3.8, 4) is 0 Å². The van der Waals surface area contributed by atoms with Crippen molar-refractivity contribution < 1.29 is 9.59 Å². The van der Waals surface area contributed by atoms with E-state index >= 15 is 0 Å². The van der Waals surface area contributed by atoms with Gasteiger partial charge in [-0.25, -0.2) is 0 Å². The molecule has 0 fully saturated rings. The Morgan fingerprint density at radius 2 is 2.29 bits per heavy atom. The van der Waals surface area contributed by atoms with Crippen molar-refractivity contribution in [1.29, 1.82) is 0 Å². The third-order valence-electron chi connectivity index (χ3n) is 2.97. The van der Waals surface area contributed by atoms with Gasteiger partial charge in [0.15, 0.2) is 5.78 Å². The van der Waals surface area contributed by atoms with Crippen molar-refractivity contribution in [2.75, 3.05) is 11.4 Å². The number of thiophene rings is 1. The highest BCUT2D eigenvalue weighted by Gasteiger charge is 2.24. The maximum atomic E-state index is 12.0. The molecular weight excluding hydrogens is 234 g/mol. The molecule has 0 aromatic carbocycles. The molecule has 0 aliphatic carbocycles. The van der Waals surface area contributed by atoms with Gasteiger partial charge >= 0.3 is 0 Å². The topological polar surface area (TPSA) is 37.4 Å². The second-order valence-electron chi connectivity index (χ2n) is 4.35. The van der Waals surface area contributed by atoms with E-state index in [2.05, 4.69) is 0 Å². The van der Waals surface area contributed by atoms with E-state index in [4.69, 9.17) is 0 Å². The van der Waals surface area contributed by atoms with Crippen LogP contribution in [0, 0.1) is 0 Å². The molecule has 0 saturated carbocycles. The van der Waals surface area contributed by atoms with E-state index in [9.17, 15) is 9.59 Å². The van der Waals surface area contributed by atoms with Gasteiger partial charge in [-0.05, 0) is 30.7 Å². The van der Waals surface area contributed by atoms with Gasteiger partial charge in [0.1, 0.15) is 0 Å². The van der Waals surface area contributed by atoms with E-state index in [1.807, 2.05) is 18.4 Å². The molecular formula is C13H17NO2S. The van der Waals surface area contributed by atoms with Crippen molar-refractivity contribution in [1.82, 2.24) is 0 Å². The van der Waals surface area contributed by atoms with Crippen LogP contribution in [0.2, 0.25) is 0 Å². The van der Waals surface area contributed by atoms with Crippen LogP contribution in [0.15, 0.2) is 11.4 Å². The molecule has 0 unspecified atom stereocenters. The second kappa shape index (κ2) is 5.45. The van der Waals surface area contributed by atoms with Gasteiger partial charge in [0.05, 0.1) is 12.2 Å². The van der Waals surface area contributed by atoms with E-state index in [-0.39, 0.29) is 18.2 Å². The highest BCUT2D eigenvalue weighted by Crippen LogP contribution is 2.31. The SMILES string of the molecule is CCCC(=O)CN1C(=O)CCCc2sccc21. The molecule has 2 rings (SSSR count). The third-order valence-corrected chi connectivity index (χ3v) is 3.94. The molecule has 0 atom stereocenters. The Hall–Kier alpha value is -1.16. The summed E-state index contributed by atoms with van der Waals surface area (Å²) in [5.74, 6) is 0.242. The lowest BCUT2D eigenvalue weighted by Crippen LogP contribution is -2.34. The Morgan fingerprint density at radius 3 is 3.06 bits per heavy atom. The number of carbonyl (C=O) groups excluding carboxylic acids is 2. The molecule has 0 saturated heterocycles. The van der Waals surface area contributed by atoms with Crippen molar-refractivity contribution in [2.24, 2.45) is 0 Å². The van der Waals surface area contributed by atoms with Crippen LogP contribution in [0.5, 0.6) is 0 Å². The minimum atomic E-state index is 0.0894. The van der Waals surface area contributed by atoms with Crippen LogP contribution in [0.1, 0.15) is 37.5 Å². The molecule has 0 bridgehead atoms. The van der Waals surface area contributed by atoms with Crippen LogP contribution in [0.25, 0.3) is 0 Å². The number of hydrogen-bond acceptors (Lipinski definition) is 3. The molecule has 0 spiro atoms. The van der Waals surface area contributed by atoms with Gasteiger partial charge in [0, 0.05) is 17.7 Å². The van der Waals surface area contributed by atoms with Crippen LogP contribution >= 0.6 is 11.3 Å². The number of rotatable bonds is 4. The van der Waals surface area contributed by atoms with Crippen molar-refractivity contribution in [2.45, 2.75) is 39.0 Å². The smallest absolute Gasteiger partial charge is 0.227 e. The molecule has 1 aliphatic rings. The Balaban J connectivity index is 2.19. The summed E-state index contributed by atoms with van der Waals surface area (Å²) >= 11 is 1.68. The maximum Gasteiger partial charge on any atom is 0.227 e. The highest BCUT2D eigenvalue weighted by molar-refractivity contribution is 7.10. The fraction of sp³-hybridized carbons (Fsp3) is 0.538. The lowest BCUT2D eigenvalue weighted by molar-refractivity contribution is -0.122. The molecule has 1 aliphatic heterocycles. The zero-order valence-corrected chi connectivity index (χ0v) is 10.9. The summed E-state index contributed by atoms with van der Waals surface area (Å²) in [6, 6.07) is 1.96. The molecule has 0 N–H and O–H groups in total. The number of carbonyl (C=O) groups is 2. The Kier molecular flexibility index (Phi) is 3.94. The van der Waals surface area contributed by atoms with Crippen LogP contribution in [-0.4, -0.2) is 18.2 Å². The molecule has 17 heavy (non-hydrogen) atoms.